The summed E-state index contributed by atoms with van der Waals surface area (Å²) in [5, 5.41) is 0. The predicted octanol–water partition coefficient (Wildman–Crippen LogP) is 3.64. The predicted molar refractivity (Wildman–Crippen MR) is 76.9 cm³/mol. The van der Waals surface area contributed by atoms with Gasteiger partial charge in [-0.3, -0.25) is 4.79 Å². The molecule has 1 aromatic rings. The fourth-order valence-electron chi connectivity index (χ4n) is 2.61. The summed E-state index contributed by atoms with van der Waals surface area (Å²) < 4.78 is 5.54. The molecule has 0 radical (unpaired) electrons. The smallest absolute Gasteiger partial charge is 0.306 e. The lowest BCUT2D eigenvalue weighted by molar-refractivity contribution is -0.150. The van der Waals surface area contributed by atoms with Gasteiger partial charge in [-0.05, 0) is 49.3 Å². The lowest BCUT2D eigenvalue weighted by Gasteiger charge is -2.22. The molecule has 1 fully saturated rings. The molecule has 2 rings (SSSR count). The maximum atomic E-state index is 11.9. The highest BCUT2D eigenvalue weighted by Gasteiger charge is 2.19. The molecule has 1 aliphatic rings. The van der Waals surface area contributed by atoms with Crippen LogP contribution in [0.4, 0.5) is 5.69 Å². The second-order valence-electron chi connectivity index (χ2n) is 5.52. The first kappa shape index (κ1) is 13.9. The van der Waals surface area contributed by atoms with E-state index in [4.69, 9.17) is 10.5 Å². The molecule has 0 spiro atoms. The fourth-order valence-corrected chi connectivity index (χ4v) is 2.61. The molecule has 0 aromatic heterocycles. The van der Waals surface area contributed by atoms with Gasteiger partial charge in [0.2, 0.25) is 0 Å². The number of anilines is 1. The summed E-state index contributed by atoms with van der Waals surface area (Å²) in [5.74, 6) is 0.105. The number of benzene rings is 1. The molecule has 0 bridgehead atoms. The number of hydrogen-bond acceptors (Lipinski definition) is 3. The van der Waals surface area contributed by atoms with Gasteiger partial charge in [-0.1, -0.05) is 25.5 Å². The Morgan fingerprint density at radius 1 is 1.26 bits per heavy atom. The molecular weight excluding hydrogens is 238 g/mol. The standard InChI is InChI=1S/C16H23NO2/c1-12(13-7-9-14(17)10-8-13)11-16(18)19-15-5-3-2-4-6-15/h7-10,12,15H,2-6,11,17H2,1H3. The molecular formula is C16H23NO2. The van der Waals surface area contributed by atoms with Gasteiger partial charge < -0.3 is 10.5 Å². The number of carbonyl (C=O) groups excluding carboxylic acids is 1. The van der Waals surface area contributed by atoms with Crippen LogP contribution in [0.15, 0.2) is 24.3 Å². The summed E-state index contributed by atoms with van der Waals surface area (Å²) in [4.78, 5) is 11.9. The molecule has 1 unspecified atom stereocenters. The fraction of sp³-hybridized carbons (Fsp3) is 0.562. The van der Waals surface area contributed by atoms with E-state index < -0.39 is 0 Å². The Labute approximate surface area is 115 Å². The number of carbonyl (C=O) groups is 1. The van der Waals surface area contributed by atoms with Crippen molar-refractivity contribution >= 4 is 11.7 Å². The van der Waals surface area contributed by atoms with Crippen molar-refractivity contribution < 1.29 is 9.53 Å². The van der Waals surface area contributed by atoms with Gasteiger partial charge >= 0.3 is 5.97 Å². The van der Waals surface area contributed by atoms with Crippen LogP contribution in [0, 0.1) is 0 Å². The van der Waals surface area contributed by atoms with E-state index in [0.29, 0.717) is 6.42 Å². The van der Waals surface area contributed by atoms with E-state index in [0.717, 1.165) is 24.1 Å². The summed E-state index contributed by atoms with van der Waals surface area (Å²) in [5.41, 5.74) is 7.54. The molecule has 2 N–H and O–H groups in total. The number of hydrogen-bond donors (Lipinski definition) is 1. The molecule has 1 aromatic carbocycles. The number of nitrogens with two attached hydrogens (primary N) is 1. The SMILES string of the molecule is CC(CC(=O)OC1CCCCC1)c1ccc(N)cc1. The van der Waals surface area contributed by atoms with Crippen LogP contribution in [0.25, 0.3) is 0 Å². The van der Waals surface area contributed by atoms with Gasteiger partial charge in [0.05, 0.1) is 6.42 Å². The largest absolute Gasteiger partial charge is 0.462 e. The minimum atomic E-state index is -0.0729. The zero-order chi connectivity index (χ0) is 13.7. The van der Waals surface area contributed by atoms with Crippen LogP contribution in [0.2, 0.25) is 0 Å². The average molecular weight is 261 g/mol. The summed E-state index contributed by atoms with van der Waals surface area (Å²) in [6, 6.07) is 7.71. The van der Waals surface area contributed by atoms with Gasteiger partial charge in [0.15, 0.2) is 0 Å². The van der Waals surface area contributed by atoms with Gasteiger partial charge in [0.1, 0.15) is 6.10 Å². The molecule has 0 heterocycles. The Morgan fingerprint density at radius 3 is 2.53 bits per heavy atom. The van der Waals surface area contributed by atoms with Crippen molar-refractivity contribution in [3.8, 4) is 0 Å². The lowest BCUT2D eigenvalue weighted by atomic mass is 9.96. The first-order chi connectivity index (χ1) is 9.15. The number of ether oxygens (including phenoxy) is 1. The normalized spacial score (nSPS) is 17.9. The Morgan fingerprint density at radius 2 is 1.89 bits per heavy atom. The van der Waals surface area contributed by atoms with Crippen LogP contribution in [-0.4, -0.2) is 12.1 Å². The molecule has 3 nitrogen and oxygen atoms in total. The maximum absolute atomic E-state index is 11.9. The summed E-state index contributed by atoms with van der Waals surface area (Å²) >= 11 is 0. The number of rotatable bonds is 4. The minimum absolute atomic E-state index is 0.0729. The third kappa shape index (κ3) is 4.27. The van der Waals surface area contributed by atoms with Crippen LogP contribution in [0.3, 0.4) is 0 Å². The van der Waals surface area contributed by atoms with Gasteiger partial charge in [0, 0.05) is 5.69 Å². The van der Waals surface area contributed by atoms with E-state index in [1.807, 2.05) is 31.2 Å². The first-order valence-electron chi connectivity index (χ1n) is 7.20. The molecule has 0 saturated heterocycles. The number of esters is 1. The summed E-state index contributed by atoms with van der Waals surface area (Å²) in [7, 11) is 0. The monoisotopic (exact) mass is 261 g/mol. The summed E-state index contributed by atoms with van der Waals surface area (Å²) in [6.45, 7) is 2.05. The topological polar surface area (TPSA) is 52.3 Å². The summed E-state index contributed by atoms with van der Waals surface area (Å²) in [6.07, 6.45) is 6.30. The third-order valence-corrected chi connectivity index (χ3v) is 3.83. The van der Waals surface area contributed by atoms with Crippen LogP contribution >= 0.6 is 0 Å². The van der Waals surface area contributed by atoms with Crippen LogP contribution in [0.5, 0.6) is 0 Å². The van der Waals surface area contributed by atoms with E-state index >= 15 is 0 Å². The van der Waals surface area contributed by atoms with E-state index in [1.54, 1.807) is 0 Å². The van der Waals surface area contributed by atoms with Crippen molar-refractivity contribution in [1.82, 2.24) is 0 Å². The average Bonchev–Trinajstić information content (AvgIpc) is 2.40. The van der Waals surface area contributed by atoms with Crippen molar-refractivity contribution in [3.63, 3.8) is 0 Å². The zero-order valence-electron chi connectivity index (χ0n) is 11.6. The second-order valence-corrected chi connectivity index (χ2v) is 5.52. The molecule has 19 heavy (non-hydrogen) atoms. The number of nitrogen functional groups attached to an aromatic ring is 1. The van der Waals surface area contributed by atoms with Gasteiger partial charge in [-0.2, -0.15) is 0 Å². The van der Waals surface area contributed by atoms with E-state index in [1.165, 1.54) is 19.3 Å². The lowest BCUT2D eigenvalue weighted by Crippen LogP contribution is -2.21. The zero-order valence-corrected chi connectivity index (χ0v) is 11.6. The van der Waals surface area contributed by atoms with E-state index in [9.17, 15) is 4.79 Å². The first-order valence-corrected chi connectivity index (χ1v) is 7.20. The third-order valence-electron chi connectivity index (χ3n) is 3.83. The molecule has 0 aliphatic heterocycles. The van der Waals surface area contributed by atoms with Gasteiger partial charge in [-0.15, -0.1) is 0 Å². The molecule has 1 atom stereocenters. The van der Waals surface area contributed by atoms with Crippen molar-refractivity contribution in [2.45, 2.75) is 57.5 Å². The highest BCUT2D eigenvalue weighted by Crippen LogP contribution is 2.24. The Bertz CT molecular complexity index is 407. The van der Waals surface area contributed by atoms with Crippen LogP contribution < -0.4 is 5.73 Å². The van der Waals surface area contributed by atoms with Crippen molar-refractivity contribution in [2.24, 2.45) is 0 Å². The van der Waals surface area contributed by atoms with Crippen LogP contribution in [0.1, 0.15) is 56.9 Å². The van der Waals surface area contributed by atoms with E-state index in [2.05, 4.69) is 0 Å². The molecule has 0 amide bonds. The molecule has 1 aliphatic carbocycles. The van der Waals surface area contributed by atoms with Crippen molar-refractivity contribution in [3.05, 3.63) is 29.8 Å². The second kappa shape index (κ2) is 6.60. The molecule has 1 saturated carbocycles. The van der Waals surface area contributed by atoms with Gasteiger partial charge in [0.25, 0.3) is 0 Å². The maximum Gasteiger partial charge on any atom is 0.306 e. The van der Waals surface area contributed by atoms with Crippen molar-refractivity contribution in [1.29, 1.82) is 0 Å². The highest BCUT2D eigenvalue weighted by atomic mass is 16.5. The highest BCUT2D eigenvalue weighted by molar-refractivity contribution is 5.70. The Kier molecular flexibility index (Phi) is 4.83. The Hall–Kier alpha value is -1.51. The minimum Gasteiger partial charge on any atom is -0.462 e. The van der Waals surface area contributed by atoms with Crippen molar-refractivity contribution in [2.75, 3.05) is 5.73 Å². The quantitative estimate of drug-likeness (QED) is 0.665. The van der Waals surface area contributed by atoms with Gasteiger partial charge in [-0.25, -0.2) is 0 Å². The molecule has 3 heteroatoms. The van der Waals surface area contributed by atoms with Crippen LogP contribution in [-0.2, 0) is 9.53 Å². The van der Waals surface area contributed by atoms with E-state index in [-0.39, 0.29) is 18.0 Å². The Balaban J connectivity index is 1.82. The molecule has 104 valence electrons.